The highest BCUT2D eigenvalue weighted by Crippen LogP contribution is 2.40. The Morgan fingerprint density at radius 1 is 1.09 bits per heavy atom. The van der Waals surface area contributed by atoms with Gasteiger partial charge < -0.3 is 10.4 Å². The zero-order valence-electron chi connectivity index (χ0n) is 16.3. The van der Waals surface area contributed by atoms with Crippen LogP contribution in [-0.4, -0.2) is 24.4 Å². The van der Waals surface area contributed by atoms with Gasteiger partial charge in [0.15, 0.2) is 0 Å². The number of nitrogens with one attached hydrogen (secondary N) is 2. The van der Waals surface area contributed by atoms with E-state index >= 15 is 0 Å². The molecule has 0 spiro atoms. The van der Waals surface area contributed by atoms with Gasteiger partial charge in [-0.05, 0) is 53.6 Å². The molecule has 1 aliphatic heterocycles. The third-order valence-electron chi connectivity index (χ3n) is 5.16. The van der Waals surface area contributed by atoms with Crippen molar-refractivity contribution in [3.05, 3.63) is 98.6 Å². The summed E-state index contributed by atoms with van der Waals surface area (Å²) in [5, 5.41) is 23.7. The Labute approximate surface area is 187 Å². The normalized spacial score (nSPS) is 17.4. The van der Waals surface area contributed by atoms with E-state index < -0.39 is 26.6 Å². The highest BCUT2D eigenvalue weighted by atomic mass is 35.5. The van der Waals surface area contributed by atoms with Gasteiger partial charge in [0.1, 0.15) is 5.66 Å². The summed E-state index contributed by atoms with van der Waals surface area (Å²) in [5.41, 5.74) is 0.421. The average Bonchev–Trinajstić information content (AvgIpc) is 3.11. The van der Waals surface area contributed by atoms with Crippen LogP contribution in [0.15, 0.2) is 71.6 Å². The minimum atomic E-state index is -4.13. The van der Waals surface area contributed by atoms with Gasteiger partial charge in [-0.25, -0.2) is 13.2 Å². The van der Waals surface area contributed by atoms with Crippen LogP contribution in [0.3, 0.4) is 0 Å². The molecule has 3 N–H and O–H groups in total. The van der Waals surface area contributed by atoms with Crippen LogP contribution in [0.25, 0.3) is 0 Å². The van der Waals surface area contributed by atoms with Crippen molar-refractivity contribution in [1.29, 1.82) is 0 Å². The van der Waals surface area contributed by atoms with Gasteiger partial charge in [-0.3, -0.25) is 10.1 Å². The Kier molecular flexibility index (Phi) is 5.37. The van der Waals surface area contributed by atoms with Crippen LogP contribution in [0.1, 0.15) is 21.5 Å². The summed E-state index contributed by atoms with van der Waals surface area (Å²) in [6.45, 7) is 0. The van der Waals surface area contributed by atoms with Crippen molar-refractivity contribution in [2.45, 2.75) is 17.0 Å². The van der Waals surface area contributed by atoms with Crippen molar-refractivity contribution in [2.75, 3.05) is 5.32 Å². The lowest BCUT2D eigenvalue weighted by Crippen LogP contribution is -2.50. The quantitative estimate of drug-likeness (QED) is 0.366. The van der Waals surface area contributed by atoms with E-state index in [1.54, 1.807) is 18.2 Å². The van der Waals surface area contributed by atoms with Gasteiger partial charge in [0.05, 0.1) is 15.4 Å². The summed E-state index contributed by atoms with van der Waals surface area (Å²) in [4.78, 5) is 21.3. The molecule has 0 amide bonds. The molecular formula is C21H16ClN3O6S. The molecule has 0 aromatic heterocycles. The number of aromatic carboxylic acids is 1. The minimum Gasteiger partial charge on any atom is -0.478 e. The number of nitro groups is 1. The number of carbonyl (C=O) groups is 1. The Morgan fingerprint density at radius 3 is 2.34 bits per heavy atom. The molecule has 4 rings (SSSR count). The van der Waals surface area contributed by atoms with Gasteiger partial charge in [-0.15, -0.1) is 0 Å². The zero-order valence-corrected chi connectivity index (χ0v) is 17.9. The molecule has 3 aromatic rings. The Balaban J connectivity index is 1.76. The summed E-state index contributed by atoms with van der Waals surface area (Å²) < 4.78 is 29.1. The third kappa shape index (κ3) is 4.03. The van der Waals surface area contributed by atoms with Gasteiger partial charge in [-0.2, -0.15) is 4.72 Å². The molecule has 0 saturated carbocycles. The number of carboxylic acid groups (broad SMARTS) is 1. The van der Waals surface area contributed by atoms with E-state index in [1.807, 2.05) is 0 Å². The summed E-state index contributed by atoms with van der Waals surface area (Å²) in [6.07, 6.45) is 0.196. The van der Waals surface area contributed by atoms with E-state index in [0.29, 0.717) is 16.3 Å². The molecule has 0 saturated heterocycles. The van der Waals surface area contributed by atoms with Crippen LogP contribution in [-0.2, 0) is 22.1 Å². The number of anilines is 1. The second-order valence-electron chi connectivity index (χ2n) is 7.25. The Morgan fingerprint density at radius 2 is 1.75 bits per heavy atom. The fourth-order valence-electron chi connectivity index (χ4n) is 3.62. The maximum atomic E-state index is 13.2. The van der Waals surface area contributed by atoms with Crippen molar-refractivity contribution < 1.29 is 23.2 Å². The van der Waals surface area contributed by atoms with E-state index in [1.165, 1.54) is 24.3 Å². The van der Waals surface area contributed by atoms with Crippen molar-refractivity contribution in [3.8, 4) is 0 Å². The predicted octanol–water partition coefficient (Wildman–Crippen LogP) is 3.75. The topological polar surface area (TPSA) is 139 Å². The van der Waals surface area contributed by atoms with E-state index in [-0.39, 0.29) is 22.6 Å². The smallest absolute Gasteiger partial charge is 0.335 e. The van der Waals surface area contributed by atoms with E-state index in [9.17, 15) is 28.4 Å². The number of rotatable bonds is 6. The molecule has 1 unspecified atom stereocenters. The molecule has 164 valence electrons. The lowest BCUT2D eigenvalue weighted by atomic mass is 9.95. The Hall–Kier alpha value is -3.47. The number of hydrogen-bond donors (Lipinski definition) is 3. The third-order valence-corrected chi connectivity index (χ3v) is 6.91. The molecule has 9 nitrogen and oxygen atoms in total. The number of nitro benzene ring substituents is 1. The molecule has 0 radical (unpaired) electrons. The van der Waals surface area contributed by atoms with Crippen LogP contribution in [0.5, 0.6) is 0 Å². The van der Waals surface area contributed by atoms with Gasteiger partial charge in [0, 0.05) is 29.3 Å². The lowest BCUT2D eigenvalue weighted by Gasteiger charge is -2.32. The lowest BCUT2D eigenvalue weighted by molar-refractivity contribution is -0.384. The molecule has 0 aliphatic carbocycles. The molecule has 1 atom stereocenters. The number of benzene rings is 3. The maximum Gasteiger partial charge on any atom is 0.335 e. The monoisotopic (exact) mass is 473 g/mol. The number of sulfonamides is 1. The number of fused-ring (bicyclic) bond motifs is 1. The van der Waals surface area contributed by atoms with E-state index in [2.05, 4.69) is 10.0 Å². The first-order chi connectivity index (χ1) is 15.1. The molecule has 1 aliphatic rings. The number of halogens is 1. The predicted molar refractivity (Wildman–Crippen MR) is 117 cm³/mol. The average molecular weight is 474 g/mol. The molecule has 1 heterocycles. The molecule has 3 aromatic carbocycles. The van der Waals surface area contributed by atoms with Crippen LogP contribution >= 0.6 is 11.6 Å². The number of carboxylic acids is 1. The van der Waals surface area contributed by atoms with Crippen LogP contribution in [0.2, 0.25) is 5.02 Å². The van der Waals surface area contributed by atoms with Crippen molar-refractivity contribution in [2.24, 2.45) is 0 Å². The SMILES string of the molecule is O=C(O)c1ccc(C2(NS(=O)(=O)c3ccc([N+](=O)[O-])cc3)Cc3cc(Cl)ccc3N2)cc1. The molecule has 0 fully saturated rings. The number of nitrogens with zero attached hydrogens (tertiary/aromatic N) is 1. The van der Waals surface area contributed by atoms with Crippen LogP contribution in [0.4, 0.5) is 11.4 Å². The minimum absolute atomic E-state index is 0.0562. The summed E-state index contributed by atoms with van der Waals surface area (Å²) in [7, 11) is -4.13. The second-order valence-corrected chi connectivity index (χ2v) is 9.37. The number of non-ortho nitro benzene ring substituents is 1. The van der Waals surface area contributed by atoms with E-state index in [4.69, 9.17) is 11.6 Å². The maximum absolute atomic E-state index is 13.2. The number of hydrogen-bond acceptors (Lipinski definition) is 6. The first-order valence-corrected chi connectivity index (χ1v) is 11.1. The molecule has 0 bridgehead atoms. The first-order valence-electron chi connectivity index (χ1n) is 9.28. The van der Waals surface area contributed by atoms with Crippen molar-refractivity contribution in [1.82, 2.24) is 4.72 Å². The van der Waals surface area contributed by atoms with Crippen molar-refractivity contribution in [3.63, 3.8) is 0 Å². The zero-order chi connectivity index (χ0) is 23.1. The van der Waals surface area contributed by atoms with Gasteiger partial charge in [0.2, 0.25) is 10.0 Å². The van der Waals surface area contributed by atoms with Gasteiger partial charge in [-0.1, -0.05) is 23.7 Å². The largest absolute Gasteiger partial charge is 0.478 e. The fraction of sp³-hybridized carbons (Fsp3) is 0.0952. The van der Waals surface area contributed by atoms with Crippen LogP contribution in [0, 0.1) is 10.1 Å². The standard InChI is InChI=1S/C21H16ClN3O6S/c22-16-5-10-19-14(11-16)12-21(23-19,15-3-1-13(2-4-15)20(26)27)24-32(30,31)18-8-6-17(7-9-18)25(28)29/h1-11,23-24H,12H2,(H,26,27). The van der Waals surface area contributed by atoms with Gasteiger partial charge in [0.25, 0.3) is 5.69 Å². The fourth-order valence-corrected chi connectivity index (χ4v) is 5.12. The molecule has 32 heavy (non-hydrogen) atoms. The highest BCUT2D eigenvalue weighted by molar-refractivity contribution is 7.89. The highest BCUT2D eigenvalue weighted by Gasteiger charge is 2.42. The molecule has 11 heteroatoms. The summed E-state index contributed by atoms with van der Waals surface area (Å²) in [6, 6.07) is 15.5. The second kappa shape index (κ2) is 7.90. The Bertz CT molecular complexity index is 1330. The van der Waals surface area contributed by atoms with Gasteiger partial charge >= 0.3 is 5.97 Å². The van der Waals surface area contributed by atoms with Crippen LogP contribution < -0.4 is 10.0 Å². The van der Waals surface area contributed by atoms with E-state index in [0.717, 1.165) is 29.8 Å². The summed E-state index contributed by atoms with van der Waals surface area (Å²) >= 11 is 6.10. The molecular weight excluding hydrogens is 458 g/mol. The van der Waals surface area contributed by atoms with Crippen molar-refractivity contribution >= 4 is 39.0 Å². The first kappa shape index (κ1) is 21.8. The summed E-state index contributed by atoms with van der Waals surface area (Å²) in [5.74, 6) is -1.11.